The lowest BCUT2D eigenvalue weighted by atomic mass is 10.1. The molecular formula is C17H22FN5O2. The molecule has 1 aromatic carbocycles. The summed E-state index contributed by atoms with van der Waals surface area (Å²) < 4.78 is 20.3. The molecule has 25 heavy (non-hydrogen) atoms. The molecule has 1 fully saturated rings. The van der Waals surface area contributed by atoms with E-state index in [9.17, 15) is 9.18 Å². The van der Waals surface area contributed by atoms with Crippen molar-refractivity contribution >= 4 is 5.91 Å². The first-order valence-electron chi connectivity index (χ1n) is 8.36. The highest BCUT2D eigenvalue weighted by molar-refractivity contribution is 5.78. The topological polar surface area (TPSA) is 72.3 Å². The van der Waals surface area contributed by atoms with Crippen molar-refractivity contribution in [2.24, 2.45) is 0 Å². The average Bonchev–Trinajstić information content (AvgIpc) is 3.10. The Kier molecular flexibility index (Phi) is 6.08. The van der Waals surface area contributed by atoms with Crippen molar-refractivity contribution < 1.29 is 13.9 Å². The minimum absolute atomic E-state index is 0.00228. The maximum Gasteiger partial charge on any atom is 0.234 e. The molecule has 8 heteroatoms. The second-order valence-corrected chi connectivity index (χ2v) is 6.07. The van der Waals surface area contributed by atoms with Crippen LogP contribution in [0.25, 0.3) is 0 Å². The SMILES string of the molecule is O=C(CN1CCO[C@H](Cn2cncn2)C1)NCCc1ccc(F)cc1. The smallest absolute Gasteiger partial charge is 0.234 e. The molecule has 2 aromatic rings. The molecule has 7 nitrogen and oxygen atoms in total. The van der Waals surface area contributed by atoms with Gasteiger partial charge in [-0.1, -0.05) is 12.1 Å². The van der Waals surface area contributed by atoms with Crippen LogP contribution in [0.3, 0.4) is 0 Å². The molecule has 1 aliphatic heterocycles. The molecule has 0 unspecified atom stereocenters. The van der Waals surface area contributed by atoms with Gasteiger partial charge in [0.15, 0.2) is 0 Å². The van der Waals surface area contributed by atoms with Gasteiger partial charge in [-0.2, -0.15) is 5.10 Å². The molecule has 0 saturated carbocycles. The van der Waals surface area contributed by atoms with Crippen LogP contribution in [0.5, 0.6) is 0 Å². The van der Waals surface area contributed by atoms with E-state index in [0.29, 0.717) is 39.2 Å². The first kappa shape index (κ1) is 17.5. The number of hydrogen-bond acceptors (Lipinski definition) is 5. The van der Waals surface area contributed by atoms with Crippen LogP contribution >= 0.6 is 0 Å². The Morgan fingerprint density at radius 2 is 2.20 bits per heavy atom. The second-order valence-electron chi connectivity index (χ2n) is 6.07. The number of rotatable bonds is 7. The summed E-state index contributed by atoms with van der Waals surface area (Å²) in [6, 6.07) is 6.33. The summed E-state index contributed by atoms with van der Waals surface area (Å²) in [5.74, 6) is -0.260. The van der Waals surface area contributed by atoms with Crippen LogP contribution in [0.15, 0.2) is 36.9 Å². The van der Waals surface area contributed by atoms with Gasteiger partial charge in [-0.25, -0.2) is 9.37 Å². The summed E-state index contributed by atoms with van der Waals surface area (Å²) in [5, 5.41) is 6.99. The van der Waals surface area contributed by atoms with Crippen LogP contribution in [-0.2, 0) is 22.5 Å². The van der Waals surface area contributed by atoms with Crippen molar-refractivity contribution in [2.75, 3.05) is 32.8 Å². The summed E-state index contributed by atoms with van der Waals surface area (Å²) in [4.78, 5) is 18.1. The Morgan fingerprint density at radius 3 is 2.96 bits per heavy atom. The summed E-state index contributed by atoms with van der Waals surface area (Å²) in [5.41, 5.74) is 1.00. The van der Waals surface area contributed by atoms with E-state index in [2.05, 4.69) is 20.3 Å². The molecule has 2 heterocycles. The zero-order valence-corrected chi connectivity index (χ0v) is 14.0. The Bertz CT molecular complexity index is 662. The molecule has 3 rings (SSSR count). The van der Waals surface area contributed by atoms with Gasteiger partial charge in [0, 0.05) is 19.6 Å². The zero-order valence-electron chi connectivity index (χ0n) is 14.0. The quantitative estimate of drug-likeness (QED) is 0.789. The molecule has 1 aliphatic rings. The fourth-order valence-corrected chi connectivity index (χ4v) is 2.83. The van der Waals surface area contributed by atoms with Crippen LogP contribution in [0, 0.1) is 5.82 Å². The van der Waals surface area contributed by atoms with E-state index in [1.807, 2.05) is 0 Å². The van der Waals surface area contributed by atoms with Gasteiger partial charge in [0.1, 0.15) is 18.5 Å². The van der Waals surface area contributed by atoms with E-state index in [1.54, 1.807) is 23.1 Å². The lowest BCUT2D eigenvalue weighted by Crippen LogP contribution is -2.48. The van der Waals surface area contributed by atoms with E-state index in [1.165, 1.54) is 18.5 Å². The van der Waals surface area contributed by atoms with Crippen molar-refractivity contribution in [3.8, 4) is 0 Å². The Labute approximate surface area is 145 Å². The number of aromatic nitrogens is 3. The van der Waals surface area contributed by atoms with Crippen molar-refractivity contribution in [2.45, 2.75) is 19.1 Å². The molecular weight excluding hydrogens is 325 g/mol. The second kappa shape index (κ2) is 8.68. The third-order valence-corrected chi connectivity index (χ3v) is 4.10. The molecule has 0 spiro atoms. The minimum atomic E-state index is -0.249. The molecule has 1 atom stereocenters. The minimum Gasteiger partial charge on any atom is -0.374 e. The molecule has 1 amide bonds. The standard InChI is InChI=1S/C17H22FN5O2/c18-15-3-1-14(2-4-15)5-6-20-17(24)11-22-7-8-25-16(9-22)10-23-13-19-12-21-23/h1-4,12-13,16H,5-11H2,(H,20,24)/t16-/m0/s1. The highest BCUT2D eigenvalue weighted by atomic mass is 19.1. The Balaban J connectivity index is 1.37. The lowest BCUT2D eigenvalue weighted by Gasteiger charge is -2.32. The Morgan fingerprint density at radius 1 is 1.36 bits per heavy atom. The number of carbonyl (C=O) groups excluding carboxylic acids is 1. The van der Waals surface area contributed by atoms with Crippen molar-refractivity contribution in [1.29, 1.82) is 0 Å². The first-order chi connectivity index (χ1) is 12.2. The first-order valence-corrected chi connectivity index (χ1v) is 8.36. The van der Waals surface area contributed by atoms with Gasteiger partial charge in [0.25, 0.3) is 0 Å². The van der Waals surface area contributed by atoms with Gasteiger partial charge in [-0.05, 0) is 24.1 Å². The number of nitrogens with one attached hydrogen (secondary N) is 1. The number of nitrogens with zero attached hydrogens (tertiary/aromatic N) is 4. The monoisotopic (exact) mass is 347 g/mol. The van der Waals surface area contributed by atoms with Gasteiger partial charge in [0.05, 0.1) is 25.8 Å². The fraction of sp³-hybridized carbons (Fsp3) is 0.471. The van der Waals surface area contributed by atoms with Crippen molar-refractivity contribution in [3.63, 3.8) is 0 Å². The van der Waals surface area contributed by atoms with Gasteiger partial charge in [0.2, 0.25) is 5.91 Å². The average molecular weight is 347 g/mol. The van der Waals surface area contributed by atoms with Gasteiger partial charge in [-0.3, -0.25) is 14.4 Å². The zero-order chi connectivity index (χ0) is 17.5. The largest absolute Gasteiger partial charge is 0.374 e. The summed E-state index contributed by atoms with van der Waals surface area (Å²) in [6.45, 7) is 3.53. The molecule has 134 valence electrons. The molecule has 1 saturated heterocycles. The number of carbonyl (C=O) groups is 1. The number of morpholine rings is 1. The van der Waals surface area contributed by atoms with Crippen molar-refractivity contribution in [1.82, 2.24) is 25.0 Å². The lowest BCUT2D eigenvalue weighted by molar-refractivity contribution is -0.124. The highest BCUT2D eigenvalue weighted by Crippen LogP contribution is 2.07. The third-order valence-electron chi connectivity index (χ3n) is 4.10. The Hall–Kier alpha value is -2.32. The molecule has 1 aromatic heterocycles. The van der Waals surface area contributed by atoms with Gasteiger partial charge in [-0.15, -0.1) is 0 Å². The highest BCUT2D eigenvalue weighted by Gasteiger charge is 2.22. The van der Waals surface area contributed by atoms with Crippen LogP contribution in [0.4, 0.5) is 4.39 Å². The maximum atomic E-state index is 12.9. The third kappa shape index (κ3) is 5.61. The predicted molar refractivity (Wildman–Crippen MR) is 89.3 cm³/mol. The molecule has 1 N–H and O–H groups in total. The van der Waals surface area contributed by atoms with Crippen LogP contribution in [-0.4, -0.2) is 64.5 Å². The van der Waals surface area contributed by atoms with Gasteiger partial charge < -0.3 is 10.1 Å². The van der Waals surface area contributed by atoms with Gasteiger partial charge >= 0.3 is 0 Å². The van der Waals surface area contributed by atoms with Crippen LogP contribution in [0.2, 0.25) is 0 Å². The number of ether oxygens (including phenoxy) is 1. The summed E-state index contributed by atoms with van der Waals surface area (Å²) in [6.07, 6.45) is 3.84. The van der Waals surface area contributed by atoms with Crippen LogP contribution < -0.4 is 5.32 Å². The van der Waals surface area contributed by atoms with E-state index in [4.69, 9.17) is 4.74 Å². The van der Waals surface area contributed by atoms with E-state index < -0.39 is 0 Å². The summed E-state index contributed by atoms with van der Waals surface area (Å²) in [7, 11) is 0. The number of halogens is 1. The van der Waals surface area contributed by atoms with E-state index in [0.717, 1.165) is 12.1 Å². The van der Waals surface area contributed by atoms with Crippen molar-refractivity contribution in [3.05, 3.63) is 48.3 Å². The number of amides is 1. The summed E-state index contributed by atoms with van der Waals surface area (Å²) >= 11 is 0. The number of hydrogen-bond donors (Lipinski definition) is 1. The molecule has 0 radical (unpaired) electrons. The maximum absolute atomic E-state index is 12.9. The molecule has 0 bridgehead atoms. The fourth-order valence-electron chi connectivity index (χ4n) is 2.83. The molecule has 0 aliphatic carbocycles. The van der Waals surface area contributed by atoms with E-state index in [-0.39, 0.29) is 17.8 Å². The predicted octanol–water partition coefficient (Wildman–Crippen LogP) is 0.477. The normalized spacial score (nSPS) is 18.2. The van der Waals surface area contributed by atoms with E-state index >= 15 is 0 Å². The van der Waals surface area contributed by atoms with Crippen LogP contribution in [0.1, 0.15) is 5.56 Å². The number of benzene rings is 1.